The number of hydrogen-bond donors (Lipinski definition) is 1. The summed E-state index contributed by atoms with van der Waals surface area (Å²) in [6.07, 6.45) is 0.776. The summed E-state index contributed by atoms with van der Waals surface area (Å²) in [5.41, 5.74) is 3.48. The molecule has 0 bridgehead atoms. The Morgan fingerprint density at radius 1 is 1.14 bits per heavy atom. The predicted molar refractivity (Wildman–Crippen MR) is 89.0 cm³/mol. The molecule has 0 amide bonds. The number of nitrogens with one attached hydrogen (secondary N) is 1. The molecule has 0 spiro atoms. The minimum atomic E-state index is 0.527. The van der Waals surface area contributed by atoms with Gasteiger partial charge in [-0.15, -0.1) is 0 Å². The van der Waals surface area contributed by atoms with Crippen LogP contribution in [0.15, 0.2) is 24.3 Å². The van der Waals surface area contributed by atoms with E-state index in [1.54, 1.807) is 0 Å². The minimum Gasteiger partial charge on any atom is -0.366 e. The van der Waals surface area contributed by atoms with Crippen molar-refractivity contribution in [2.24, 2.45) is 0 Å². The first-order valence-corrected chi connectivity index (χ1v) is 7.74. The fourth-order valence-electron chi connectivity index (χ4n) is 2.07. The summed E-state index contributed by atoms with van der Waals surface area (Å²) in [5, 5.41) is 3.89. The Morgan fingerprint density at radius 3 is 2.38 bits per heavy atom. The van der Waals surface area contributed by atoms with Gasteiger partial charge in [0.25, 0.3) is 0 Å². The van der Waals surface area contributed by atoms with Crippen LogP contribution >= 0.6 is 11.6 Å². The first-order chi connectivity index (χ1) is 10.0. The maximum atomic E-state index is 6.14. The molecule has 3 nitrogen and oxygen atoms in total. The predicted octanol–water partition coefficient (Wildman–Crippen LogP) is 4.74. The molecule has 0 saturated heterocycles. The van der Waals surface area contributed by atoms with Crippen molar-refractivity contribution in [3.8, 4) is 0 Å². The zero-order valence-electron chi connectivity index (χ0n) is 13.1. The van der Waals surface area contributed by atoms with Crippen LogP contribution < -0.4 is 5.32 Å². The van der Waals surface area contributed by atoms with Crippen LogP contribution in [0.1, 0.15) is 49.2 Å². The Labute approximate surface area is 131 Å². The molecule has 0 radical (unpaired) electrons. The second kappa shape index (κ2) is 6.90. The molecule has 1 heterocycles. The standard InChI is InChI=1S/C17H22ClN3/c1-5-15-20-16(18)12(4)17(21-15)19-10-13-6-8-14(9-7-13)11(2)3/h6-9,11H,5,10H2,1-4H3,(H,19,20,21). The van der Waals surface area contributed by atoms with E-state index in [-0.39, 0.29) is 0 Å². The van der Waals surface area contributed by atoms with Crippen molar-refractivity contribution in [2.45, 2.75) is 46.6 Å². The van der Waals surface area contributed by atoms with E-state index in [0.29, 0.717) is 11.1 Å². The lowest BCUT2D eigenvalue weighted by Crippen LogP contribution is -2.07. The highest BCUT2D eigenvalue weighted by atomic mass is 35.5. The Bertz CT molecular complexity index is 606. The average molecular weight is 304 g/mol. The Balaban J connectivity index is 2.10. The molecule has 0 aliphatic carbocycles. The molecule has 21 heavy (non-hydrogen) atoms. The Kier molecular flexibility index (Phi) is 5.18. The molecule has 0 saturated carbocycles. The maximum absolute atomic E-state index is 6.14. The molecule has 0 fully saturated rings. The van der Waals surface area contributed by atoms with Gasteiger partial charge >= 0.3 is 0 Å². The van der Waals surface area contributed by atoms with Crippen molar-refractivity contribution in [1.82, 2.24) is 9.97 Å². The molecular weight excluding hydrogens is 282 g/mol. The number of hydrogen-bond acceptors (Lipinski definition) is 3. The van der Waals surface area contributed by atoms with Gasteiger partial charge in [0, 0.05) is 18.5 Å². The highest BCUT2D eigenvalue weighted by Gasteiger charge is 2.08. The van der Waals surface area contributed by atoms with Crippen molar-refractivity contribution in [1.29, 1.82) is 0 Å². The molecule has 2 aromatic rings. The Hall–Kier alpha value is -1.61. The van der Waals surface area contributed by atoms with E-state index < -0.39 is 0 Å². The van der Waals surface area contributed by atoms with Crippen molar-refractivity contribution >= 4 is 17.4 Å². The van der Waals surface area contributed by atoms with Crippen molar-refractivity contribution in [3.05, 3.63) is 51.9 Å². The van der Waals surface area contributed by atoms with Gasteiger partial charge in [0.15, 0.2) is 0 Å². The third kappa shape index (κ3) is 3.94. The van der Waals surface area contributed by atoms with Crippen LogP contribution in [0.4, 0.5) is 5.82 Å². The second-order valence-corrected chi connectivity index (χ2v) is 5.87. The quantitative estimate of drug-likeness (QED) is 0.811. The van der Waals surface area contributed by atoms with Gasteiger partial charge in [-0.25, -0.2) is 9.97 Å². The van der Waals surface area contributed by atoms with Crippen LogP contribution in [0.2, 0.25) is 5.15 Å². The molecule has 0 aliphatic rings. The number of nitrogens with zero attached hydrogens (tertiary/aromatic N) is 2. The van der Waals surface area contributed by atoms with Crippen molar-refractivity contribution in [3.63, 3.8) is 0 Å². The highest BCUT2D eigenvalue weighted by Crippen LogP contribution is 2.21. The number of aromatic nitrogens is 2. The minimum absolute atomic E-state index is 0.527. The van der Waals surface area contributed by atoms with Gasteiger partial charge in [-0.1, -0.05) is 56.6 Å². The smallest absolute Gasteiger partial charge is 0.137 e. The van der Waals surface area contributed by atoms with Crippen molar-refractivity contribution < 1.29 is 0 Å². The zero-order valence-corrected chi connectivity index (χ0v) is 13.8. The van der Waals surface area contributed by atoms with Crippen LogP contribution in [0, 0.1) is 6.92 Å². The number of benzene rings is 1. The SMILES string of the molecule is CCc1nc(Cl)c(C)c(NCc2ccc(C(C)C)cc2)n1. The van der Waals surface area contributed by atoms with Gasteiger partial charge in [0.2, 0.25) is 0 Å². The van der Waals surface area contributed by atoms with Crippen LogP contribution in [-0.2, 0) is 13.0 Å². The Morgan fingerprint density at radius 2 is 1.81 bits per heavy atom. The number of aryl methyl sites for hydroxylation is 1. The number of halogens is 1. The summed E-state index contributed by atoms with van der Waals surface area (Å²) >= 11 is 6.14. The molecule has 0 atom stereocenters. The third-order valence-corrected chi connectivity index (χ3v) is 3.92. The average Bonchev–Trinajstić information content (AvgIpc) is 2.49. The van der Waals surface area contributed by atoms with Crippen LogP contribution in [-0.4, -0.2) is 9.97 Å². The maximum Gasteiger partial charge on any atom is 0.137 e. The van der Waals surface area contributed by atoms with E-state index in [2.05, 4.69) is 53.4 Å². The van der Waals surface area contributed by atoms with Gasteiger partial charge in [0.1, 0.15) is 16.8 Å². The molecule has 1 aromatic carbocycles. The summed E-state index contributed by atoms with van der Waals surface area (Å²) in [7, 11) is 0. The normalized spacial score (nSPS) is 11.0. The molecule has 1 N–H and O–H groups in total. The fraction of sp³-hybridized carbons (Fsp3) is 0.412. The van der Waals surface area contributed by atoms with E-state index in [4.69, 9.17) is 11.6 Å². The van der Waals surface area contributed by atoms with Gasteiger partial charge in [-0.3, -0.25) is 0 Å². The van der Waals surface area contributed by atoms with Crippen LogP contribution in [0.5, 0.6) is 0 Å². The zero-order chi connectivity index (χ0) is 15.4. The summed E-state index contributed by atoms with van der Waals surface area (Å²) in [6.45, 7) is 9.09. The molecule has 0 aliphatic heterocycles. The molecule has 2 rings (SSSR count). The van der Waals surface area contributed by atoms with E-state index in [1.807, 2.05) is 13.8 Å². The van der Waals surface area contributed by atoms with Crippen molar-refractivity contribution in [2.75, 3.05) is 5.32 Å². The monoisotopic (exact) mass is 303 g/mol. The van der Waals surface area contributed by atoms with Crippen LogP contribution in [0.25, 0.3) is 0 Å². The lowest BCUT2D eigenvalue weighted by molar-refractivity contribution is 0.865. The van der Waals surface area contributed by atoms with Crippen LogP contribution in [0.3, 0.4) is 0 Å². The molecule has 4 heteroatoms. The first-order valence-electron chi connectivity index (χ1n) is 7.37. The van der Waals surface area contributed by atoms with E-state index in [1.165, 1.54) is 11.1 Å². The van der Waals surface area contributed by atoms with Gasteiger partial charge in [-0.2, -0.15) is 0 Å². The summed E-state index contributed by atoms with van der Waals surface area (Å²) < 4.78 is 0. The first kappa shape index (κ1) is 15.8. The lowest BCUT2D eigenvalue weighted by atomic mass is 10.0. The lowest BCUT2D eigenvalue weighted by Gasteiger charge is -2.12. The molecular formula is C17H22ClN3. The molecule has 112 valence electrons. The fourth-order valence-corrected chi connectivity index (χ4v) is 2.26. The van der Waals surface area contributed by atoms with E-state index in [0.717, 1.165) is 30.2 Å². The summed E-state index contributed by atoms with van der Waals surface area (Å²) in [5.74, 6) is 2.14. The van der Waals surface area contributed by atoms with E-state index >= 15 is 0 Å². The van der Waals surface area contributed by atoms with Gasteiger partial charge in [0.05, 0.1) is 0 Å². The topological polar surface area (TPSA) is 37.8 Å². The number of anilines is 1. The summed E-state index contributed by atoms with van der Waals surface area (Å²) in [6, 6.07) is 8.67. The highest BCUT2D eigenvalue weighted by molar-refractivity contribution is 6.30. The number of rotatable bonds is 5. The summed E-state index contributed by atoms with van der Waals surface area (Å²) in [4.78, 5) is 8.76. The van der Waals surface area contributed by atoms with Gasteiger partial charge < -0.3 is 5.32 Å². The molecule has 0 unspecified atom stereocenters. The largest absolute Gasteiger partial charge is 0.366 e. The van der Waals surface area contributed by atoms with Gasteiger partial charge in [-0.05, 0) is 24.0 Å². The third-order valence-electron chi connectivity index (χ3n) is 3.56. The second-order valence-electron chi connectivity index (χ2n) is 5.51. The van der Waals surface area contributed by atoms with E-state index in [9.17, 15) is 0 Å². The molecule has 1 aromatic heterocycles.